The molecule has 0 aliphatic heterocycles. The molecule has 3 unspecified atom stereocenters. The molecule has 1 saturated carbocycles. The summed E-state index contributed by atoms with van der Waals surface area (Å²) >= 11 is 0. The molecule has 23 heavy (non-hydrogen) atoms. The molecular weight excluding hydrogens is 296 g/mol. The van der Waals surface area contributed by atoms with Gasteiger partial charge in [0.25, 0.3) is 0 Å². The first-order valence-electron chi connectivity index (χ1n) is 7.59. The maximum Gasteiger partial charge on any atom is 0.201 e. The van der Waals surface area contributed by atoms with Crippen LogP contribution in [0.2, 0.25) is 0 Å². The summed E-state index contributed by atoms with van der Waals surface area (Å²) in [6.45, 7) is 2.01. The Balaban J connectivity index is 1.97. The molecule has 1 aromatic rings. The van der Waals surface area contributed by atoms with Crippen LogP contribution in [0.1, 0.15) is 18.4 Å². The lowest BCUT2D eigenvalue weighted by atomic mass is 9.51. The molecule has 0 amide bonds. The van der Waals surface area contributed by atoms with Crippen molar-refractivity contribution in [1.82, 2.24) is 0 Å². The minimum absolute atomic E-state index is 0.0179. The Labute approximate surface area is 135 Å². The van der Waals surface area contributed by atoms with Crippen LogP contribution in [0.4, 0.5) is 0 Å². The number of hydrogen-bond acceptors (Lipinski definition) is 5. The fourth-order valence-electron chi connectivity index (χ4n) is 3.91. The molecule has 5 heteroatoms. The third kappa shape index (κ3) is 2.22. The van der Waals surface area contributed by atoms with Crippen LogP contribution >= 0.6 is 0 Å². The summed E-state index contributed by atoms with van der Waals surface area (Å²) in [6, 6.07) is 5.65. The van der Waals surface area contributed by atoms with Gasteiger partial charge in [0.05, 0.1) is 21.3 Å². The summed E-state index contributed by atoms with van der Waals surface area (Å²) in [5.74, 6) is 0.801. The third-order valence-electron chi connectivity index (χ3n) is 5.07. The van der Waals surface area contributed by atoms with E-state index in [1.165, 1.54) is 13.2 Å². The lowest BCUT2D eigenvalue weighted by molar-refractivity contribution is -0.144. The van der Waals surface area contributed by atoms with Crippen molar-refractivity contribution >= 4 is 11.6 Å². The summed E-state index contributed by atoms with van der Waals surface area (Å²) in [7, 11) is 4.58. The third-order valence-corrected chi connectivity index (χ3v) is 5.07. The van der Waals surface area contributed by atoms with Crippen molar-refractivity contribution < 1.29 is 23.8 Å². The van der Waals surface area contributed by atoms with Gasteiger partial charge >= 0.3 is 0 Å². The second-order valence-corrected chi connectivity index (χ2v) is 6.03. The Kier molecular flexibility index (Phi) is 3.88. The topological polar surface area (TPSA) is 61.8 Å². The monoisotopic (exact) mass is 316 g/mol. The largest absolute Gasteiger partial charge is 0.493 e. The van der Waals surface area contributed by atoms with E-state index in [-0.39, 0.29) is 41.0 Å². The number of carbonyl (C=O) groups excluding carboxylic acids is 2. The van der Waals surface area contributed by atoms with Crippen LogP contribution in [0, 0.1) is 17.8 Å². The van der Waals surface area contributed by atoms with Gasteiger partial charge in [-0.25, -0.2) is 0 Å². The van der Waals surface area contributed by atoms with Gasteiger partial charge in [0.1, 0.15) is 0 Å². The number of carbonyl (C=O) groups is 2. The SMILES string of the molecule is COC1=CC(=O)C2C(C1=O)C(c1ccc(OC)c(OC)c1)[C@H]2C. The van der Waals surface area contributed by atoms with Crippen LogP contribution < -0.4 is 9.47 Å². The summed E-state index contributed by atoms with van der Waals surface area (Å²) in [5, 5.41) is 0. The van der Waals surface area contributed by atoms with Crippen LogP contribution in [0.5, 0.6) is 11.5 Å². The van der Waals surface area contributed by atoms with E-state index in [0.717, 1.165) is 5.56 Å². The maximum atomic E-state index is 12.6. The van der Waals surface area contributed by atoms with Crippen molar-refractivity contribution in [2.45, 2.75) is 12.8 Å². The summed E-state index contributed by atoms with van der Waals surface area (Å²) in [4.78, 5) is 24.8. The van der Waals surface area contributed by atoms with Crippen LogP contribution in [-0.2, 0) is 14.3 Å². The Morgan fingerprint density at radius 1 is 0.870 bits per heavy atom. The number of methoxy groups -OCH3 is 3. The van der Waals surface area contributed by atoms with E-state index in [9.17, 15) is 9.59 Å². The number of hydrogen-bond donors (Lipinski definition) is 0. The molecule has 1 aromatic carbocycles. The molecule has 2 aliphatic carbocycles. The summed E-state index contributed by atoms with van der Waals surface area (Å²) < 4.78 is 15.7. The smallest absolute Gasteiger partial charge is 0.201 e. The fraction of sp³-hybridized carbons (Fsp3) is 0.444. The van der Waals surface area contributed by atoms with E-state index in [1.54, 1.807) is 14.2 Å². The summed E-state index contributed by atoms with van der Waals surface area (Å²) in [5.41, 5.74) is 0.981. The molecule has 122 valence electrons. The molecule has 0 bridgehead atoms. The molecule has 0 heterocycles. The van der Waals surface area contributed by atoms with Crippen molar-refractivity contribution in [3.8, 4) is 11.5 Å². The molecule has 0 saturated heterocycles. The van der Waals surface area contributed by atoms with E-state index >= 15 is 0 Å². The molecule has 3 rings (SSSR count). The van der Waals surface area contributed by atoms with Gasteiger partial charge in [-0.15, -0.1) is 0 Å². The predicted octanol–water partition coefficient (Wildman–Crippen LogP) is 2.35. The van der Waals surface area contributed by atoms with Gasteiger partial charge in [0.15, 0.2) is 23.0 Å². The highest BCUT2D eigenvalue weighted by Gasteiger charge is 2.57. The van der Waals surface area contributed by atoms with Crippen LogP contribution in [0.3, 0.4) is 0 Å². The molecule has 0 N–H and O–H groups in total. The van der Waals surface area contributed by atoms with Crippen molar-refractivity contribution in [3.05, 3.63) is 35.6 Å². The first kappa shape index (κ1) is 15.6. The Morgan fingerprint density at radius 2 is 1.57 bits per heavy atom. The number of Topliss-reactive ketones (excluding diaryl/α,β-unsaturated/α-hetero) is 1. The van der Waals surface area contributed by atoms with Gasteiger partial charge in [-0.1, -0.05) is 13.0 Å². The Morgan fingerprint density at radius 3 is 2.17 bits per heavy atom. The van der Waals surface area contributed by atoms with Crippen LogP contribution in [0.15, 0.2) is 30.0 Å². The first-order chi connectivity index (χ1) is 11.0. The maximum absolute atomic E-state index is 12.6. The van der Waals surface area contributed by atoms with Gasteiger partial charge in [-0.3, -0.25) is 9.59 Å². The predicted molar refractivity (Wildman–Crippen MR) is 83.5 cm³/mol. The number of rotatable bonds is 4. The number of allylic oxidation sites excluding steroid dienone is 2. The second-order valence-electron chi connectivity index (χ2n) is 6.03. The molecule has 2 aliphatic rings. The molecule has 4 atom stereocenters. The number of ether oxygens (including phenoxy) is 3. The van der Waals surface area contributed by atoms with Gasteiger partial charge in [0.2, 0.25) is 5.78 Å². The van der Waals surface area contributed by atoms with Crippen molar-refractivity contribution in [3.63, 3.8) is 0 Å². The lowest BCUT2D eigenvalue weighted by Crippen LogP contribution is -2.53. The van der Waals surface area contributed by atoms with Crippen molar-refractivity contribution in [1.29, 1.82) is 0 Å². The second kappa shape index (κ2) is 5.72. The quantitative estimate of drug-likeness (QED) is 0.853. The van der Waals surface area contributed by atoms with E-state index in [1.807, 2.05) is 25.1 Å². The molecule has 1 fully saturated rings. The van der Waals surface area contributed by atoms with Gasteiger partial charge in [-0.05, 0) is 29.5 Å². The van der Waals surface area contributed by atoms with Crippen LogP contribution in [-0.4, -0.2) is 32.9 Å². The molecule has 0 aromatic heterocycles. The number of fused-ring (bicyclic) bond motifs is 1. The Hall–Kier alpha value is -2.30. The first-order valence-corrected chi connectivity index (χ1v) is 7.59. The minimum atomic E-state index is -0.351. The number of benzene rings is 1. The average Bonchev–Trinajstić information content (AvgIpc) is 2.55. The van der Waals surface area contributed by atoms with E-state index < -0.39 is 0 Å². The standard InChI is InChI=1S/C18H20O5/c1-9-15(10-5-6-12(21-2)13(7-10)22-3)17-16(9)11(19)8-14(23-4)18(17)20/h5-9,15-17H,1-4H3/t9-,15?,16?,17?/m1/s1. The highest BCUT2D eigenvalue weighted by Crippen LogP contribution is 2.56. The fourth-order valence-corrected chi connectivity index (χ4v) is 3.91. The van der Waals surface area contributed by atoms with Crippen molar-refractivity contribution in [2.75, 3.05) is 21.3 Å². The Bertz CT molecular complexity index is 691. The zero-order valence-electron chi connectivity index (χ0n) is 13.7. The zero-order chi connectivity index (χ0) is 16.7. The average molecular weight is 316 g/mol. The van der Waals surface area contributed by atoms with Crippen LogP contribution in [0.25, 0.3) is 0 Å². The van der Waals surface area contributed by atoms with Gasteiger partial charge in [0, 0.05) is 17.9 Å². The lowest BCUT2D eigenvalue weighted by Gasteiger charge is -2.50. The molecule has 0 radical (unpaired) electrons. The van der Waals surface area contributed by atoms with E-state index in [4.69, 9.17) is 14.2 Å². The molecule has 5 nitrogen and oxygen atoms in total. The molecular formula is C18H20O5. The zero-order valence-corrected chi connectivity index (χ0v) is 13.7. The summed E-state index contributed by atoms with van der Waals surface area (Å²) in [6.07, 6.45) is 1.34. The minimum Gasteiger partial charge on any atom is -0.493 e. The van der Waals surface area contributed by atoms with Gasteiger partial charge in [-0.2, -0.15) is 0 Å². The highest BCUT2D eigenvalue weighted by atomic mass is 16.5. The van der Waals surface area contributed by atoms with E-state index in [2.05, 4.69) is 0 Å². The van der Waals surface area contributed by atoms with Crippen molar-refractivity contribution in [2.24, 2.45) is 17.8 Å². The van der Waals surface area contributed by atoms with Gasteiger partial charge < -0.3 is 14.2 Å². The number of ketones is 2. The highest BCUT2D eigenvalue weighted by molar-refractivity contribution is 6.11. The normalized spacial score (nSPS) is 29.3. The molecule has 0 spiro atoms. The van der Waals surface area contributed by atoms with E-state index in [0.29, 0.717) is 11.5 Å².